The van der Waals surface area contributed by atoms with Crippen LogP contribution in [0.3, 0.4) is 0 Å². The molecule has 6 nitrogen and oxygen atoms in total. The number of hydrogen-bond donors (Lipinski definition) is 2. The normalized spacial score (nSPS) is 17.0. The molecular formula is C17H21N3O3S. The van der Waals surface area contributed by atoms with Crippen LogP contribution in [0.2, 0.25) is 0 Å². The smallest absolute Gasteiger partial charge is 0.235 e. The number of anilines is 1. The summed E-state index contributed by atoms with van der Waals surface area (Å²) in [5, 5.41) is 10.0. The van der Waals surface area contributed by atoms with E-state index in [1.807, 2.05) is 25.1 Å². The van der Waals surface area contributed by atoms with Crippen molar-refractivity contribution in [2.24, 2.45) is 0 Å². The molecule has 0 radical (unpaired) electrons. The summed E-state index contributed by atoms with van der Waals surface area (Å²) in [6.07, 6.45) is 0.939. The number of rotatable bonds is 5. The number of aromatic amines is 1. The quantitative estimate of drug-likeness (QED) is 0.868. The maximum absolute atomic E-state index is 11.9. The molecule has 0 saturated heterocycles. The molecule has 0 aliphatic carbocycles. The minimum Gasteiger partial charge on any atom is -0.493 e. The first-order chi connectivity index (χ1) is 11.6. The van der Waals surface area contributed by atoms with Gasteiger partial charge in [-0.15, -0.1) is 11.8 Å². The Kier molecular flexibility index (Phi) is 4.99. The molecule has 128 valence electrons. The van der Waals surface area contributed by atoms with Gasteiger partial charge in [0.2, 0.25) is 5.91 Å². The van der Waals surface area contributed by atoms with Crippen molar-refractivity contribution >= 4 is 23.5 Å². The number of aromatic nitrogens is 2. The molecule has 1 aromatic carbocycles. The lowest BCUT2D eigenvalue weighted by Crippen LogP contribution is -2.12. The predicted octanol–water partition coefficient (Wildman–Crippen LogP) is 3.29. The summed E-state index contributed by atoms with van der Waals surface area (Å²) in [6.45, 7) is 4.68. The van der Waals surface area contributed by atoms with Gasteiger partial charge in [-0.2, -0.15) is 5.10 Å². The molecule has 1 aliphatic heterocycles. The van der Waals surface area contributed by atoms with Crippen LogP contribution in [-0.4, -0.2) is 35.6 Å². The summed E-state index contributed by atoms with van der Waals surface area (Å²) in [5.41, 5.74) is 3.02. The Bertz CT molecular complexity index is 745. The third-order valence-electron chi connectivity index (χ3n) is 3.85. The number of carbonyl (C=O) groups excluding carboxylic acids is 1. The molecule has 1 aliphatic rings. The maximum atomic E-state index is 11.9. The largest absolute Gasteiger partial charge is 0.493 e. The highest BCUT2D eigenvalue weighted by Gasteiger charge is 2.28. The molecule has 2 N–H and O–H groups in total. The number of hydrogen-bond acceptors (Lipinski definition) is 5. The van der Waals surface area contributed by atoms with E-state index in [0.29, 0.717) is 23.9 Å². The van der Waals surface area contributed by atoms with Crippen LogP contribution in [0.1, 0.15) is 35.4 Å². The van der Waals surface area contributed by atoms with Gasteiger partial charge in [0.25, 0.3) is 0 Å². The van der Waals surface area contributed by atoms with E-state index in [9.17, 15) is 4.79 Å². The summed E-state index contributed by atoms with van der Waals surface area (Å²) in [5.74, 6) is 2.40. The standard InChI is InChI=1S/C17H21N3O3S/c1-4-7-23-12-6-5-11(8-13(12)22-3)16-15-10(2)19-20-17(15)18-14(21)9-24-16/h5-6,8,16H,4,7,9H2,1-3H3,(H2,18,19,20,21). The van der Waals surface area contributed by atoms with Crippen molar-refractivity contribution in [1.29, 1.82) is 0 Å². The lowest BCUT2D eigenvalue weighted by Gasteiger charge is -2.18. The number of amides is 1. The molecule has 0 spiro atoms. The van der Waals surface area contributed by atoms with Crippen LogP contribution in [-0.2, 0) is 4.79 Å². The van der Waals surface area contributed by atoms with Crippen molar-refractivity contribution in [2.75, 3.05) is 24.8 Å². The summed E-state index contributed by atoms with van der Waals surface area (Å²) >= 11 is 1.58. The van der Waals surface area contributed by atoms with Crippen molar-refractivity contribution < 1.29 is 14.3 Å². The number of nitrogens with one attached hydrogen (secondary N) is 2. The second kappa shape index (κ2) is 7.17. The number of H-pyrrole nitrogens is 1. The molecule has 1 atom stereocenters. The minimum absolute atomic E-state index is 0.00632. The average Bonchev–Trinajstić information content (AvgIpc) is 2.84. The minimum atomic E-state index is -0.0369. The van der Waals surface area contributed by atoms with Gasteiger partial charge in [0.05, 0.1) is 24.7 Å². The summed E-state index contributed by atoms with van der Waals surface area (Å²) in [6, 6.07) is 5.94. The Balaban J connectivity index is 1.99. The molecule has 2 aromatic rings. The maximum Gasteiger partial charge on any atom is 0.235 e. The van der Waals surface area contributed by atoms with Crippen LogP contribution in [0.25, 0.3) is 0 Å². The first-order valence-electron chi connectivity index (χ1n) is 7.91. The Morgan fingerprint density at radius 2 is 2.21 bits per heavy atom. The molecule has 0 saturated carbocycles. The van der Waals surface area contributed by atoms with E-state index in [-0.39, 0.29) is 11.2 Å². The zero-order valence-electron chi connectivity index (χ0n) is 14.0. The monoisotopic (exact) mass is 347 g/mol. The van der Waals surface area contributed by atoms with Gasteiger partial charge in [0, 0.05) is 11.3 Å². The van der Waals surface area contributed by atoms with Gasteiger partial charge >= 0.3 is 0 Å². The van der Waals surface area contributed by atoms with Crippen molar-refractivity contribution in [3.63, 3.8) is 0 Å². The van der Waals surface area contributed by atoms with Gasteiger partial charge in [-0.25, -0.2) is 0 Å². The number of benzene rings is 1. The predicted molar refractivity (Wildman–Crippen MR) is 95.0 cm³/mol. The Morgan fingerprint density at radius 1 is 1.38 bits per heavy atom. The summed E-state index contributed by atoms with van der Waals surface area (Å²) in [7, 11) is 1.64. The molecule has 7 heteroatoms. The van der Waals surface area contributed by atoms with E-state index < -0.39 is 0 Å². The topological polar surface area (TPSA) is 76.2 Å². The van der Waals surface area contributed by atoms with Crippen LogP contribution >= 0.6 is 11.8 Å². The van der Waals surface area contributed by atoms with Crippen molar-refractivity contribution in [2.45, 2.75) is 25.5 Å². The molecule has 1 amide bonds. The Morgan fingerprint density at radius 3 is 2.96 bits per heavy atom. The van der Waals surface area contributed by atoms with E-state index in [1.165, 1.54) is 0 Å². The SMILES string of the molecule is CCCOc1ccc(C2SCC(=O)Nc3n[nH]c(C)c32)cc1OC. The zero-order valence-corrected chi connectivity index (χ0v) is 14.8. The molecule has 1 unspecified atom stereocenters. The van der Waals surface area contributed by atoms with E-state index >= 15 is 0 Å². The number of aryl methyl sites for hydroxylation is 1. The second-order valence-corrected chi connectivity index (χ2v) is 6.70. The van der Waals surface area contributed by atoms with Gasteiger partial charge in [-0.3, -0.25) is 9.89 Å². The number of thioether (sulfide) groups is 1. The number of nitrogens with zero attached hydrogens (tertiary/aromatic N) is 1. The first-order valence-corrected chi connectivity index (χ1v) is 8.96. The van der Waals surface area contributed by atoms with Gasteiger partial charge < -0.3 is 14.8 Å². The lowest BCUT2D eigenvalue weighted by molar-refractivity contribution is -0.113. The highest BCUT2D eigenvalue weighted by atomic mass is 32.2. The van der Waals surface area contributed by atoms with Crippen molar-refractivity contribution in [3.05, 3.63) is 35.0 Å². The number of methoxy groups -OCH3 is 1. The molecular weight excluding hydrogens is 326 g/mol. The van der Waals surface area contributed by atoms with Gasteiger partial charge in [0.1, 0.15) is 0 Å². The van der Waals surface area contributed by atoms with E-state index in [1.54, 1.807) is 18.9 Å². The first kappa shape index (κ1) is 16.7. The second-order valence-electron chi connectivity index (χ2n) is 5.61. The summed E-state index contributed by atoms with van der Waals surface area (Å²) < 4.78 is 11.2. The van der Waals surface area contributed by atoms with E-state index in [0.717, 1.165) is 29.0 Å². The molecule has 3 rings (SSSR count). The third-order valence-corrected chi connectivity index (χ3v) is 5.12. The van der Waals surface area contributed by atoms with Crippen LogP contribution in [0.5, 0.6) is 11.5 Å². The highest BCUT2D eigenvalue weighted by molar-refractivity contribution is 8.00. The molecule has 0 fully saturated rings. The Labute approximate surface area is 145 Å². The number of fused-ring (bicyclic) bond motifs is 1. The summed E-state index contributed by atoms with van der Waals surface area (Å²) in [4.78, 5) is 11.9. The zero-order chi connectivity index (χ0) is 17.1. The fourth-order valence-corrected chi connectivity index (χ4v) is 3.89. The fraction of sp³-hybridized carbons (Fsp3) is 0.412. The Hall–Kier alpha value is -2.15. The van der Waals surface area contributed by atoms with Gasteiger partial charge in [-0.05, 0) is 31.0 Å². The molecule has 1 aromatic heterocycles. The van der Waals surface area contributed by atoms with E-state index in [4.69, 9.17) is 9.47 Å². The average molecular weight is 347 g/mol. The molecule has 2 heterocycles. The van der Waals surface area contributed by atoms with Crippen LogP contribution in [0.15, 0.2) is 18.2 Å². The number of ether oxygens (including phenoxy) is 2. The van der Waals surface area contributed by atoms with Crippen LogP contribution in [0, 0.1) is 6.92 Å². The lowest BCUT2D eigenvalue weighted by atomic mass is 10.0. The fourth-order valence-electron chi connectivity index (χ4n) is 2.71. The molecule has 24 heavy (non-hydrogen) atoms. The molecule has 0 bridgehead atoms. The third kappa shape index (κ3) is 3.21. The van der Waals surface area contributed by atoms with Gasteiger partial charge in [-0.1, -0.05) is 13.0 Å². The highest BCUT2D eigenvalue weighted by Crippen LogP contribution is 2.44. The van der Waals surface area contributed by atoms with Crippen LogP contribution in [0.4, 0.5) is 5.82 Å². The number of carbonyl (C=O) groups is 1. The van der Waals surface area contributed by atoms with Crippen molar-refractivity contribution in [1.82, 2.24) is 10.2 Å². The van der Waals surface area contributed by atoms with Crippen molar-refractivity contribution in [3.8, 4) is 11.5 Å². The van der Waals surface area contributed by atoms with Gasteiger partial charge in [0.15, 0.2) is 17.3 Å². The van der Waals surface area contributed by atoms with E-state index in [2.05, 4.69) is 22.4 Å². The van der Waals surface area contributed by atoms with Crippen LogP contribution < -0.4 is 14.8 Å².